The van der Waals surface area contributed by atoms with E-state index < -0.39 is 8.80 Å². The highest BCUT2D eigenvalue weighted by Crippen LogP contribution is 1.97. The van der Waals surface area contributed by atoms with E-state index in [1.165, 1.54) is 0 Å². The van der Waals surface area contributed by atoms with E-state index in [-0.39, 0.29) is 0 Å². The maximum atomic E-state index is 6.48. The first-order chi connectivity index (χ1) is 4.74. The summed E-state index contributed by atoms with van der Waals surface area (Å²) in [5.74, 6) is 0. The molecule has 0 bridgehead atoms. The minimum Gasteiger partial charge on any atom is -0.390 e. The van der Waals surface area contributed by atoms with Crippen molar-refractivity contribution in [3.05, 3.63) is 0 Å². The van der Waals surface area contributed by atoms with Crippen molar-refractivity contribution in [3.8, 4) is 0 Å². The number of hydrogen-bond acceptors (Lipinski definition) is 3. The second kappa shape index (κ2) is 2.42. The van der Waals surface area contributed by atoms with Crippen LogP contribution in [0.1, 0.15) is 13.3 Å². The van der Waals surface area contributed by atoms with Crippen LogP contribution < -0.4 is 0 Å². The van der Waals surface area contributed by atoms with Gasteiger partial charge in [0.15, 0.2) is 4.29 Å². The molecule has 4 heteroatoms. The highest BCUT2D eigenvalue weighted by atomic mass is 28.4. The molecule has 0 atom stereocenters. The predicted molar refractivity (Wildman–Crippen MR) is 27.5 cm³/mol. The van der Waals surface area contributed by atoms with Crippen LogP contribution in [-0.4, -0.2) is 27.5 Å². The summed E-state index contributed by atoms with van der Waals surface area (Å²) in [6.45, 7) is 1.83. The third kappa shape index (κ3) is 6.10. The van der Waals surface area contributed by atoms with Gasteiger partial charge in [-0.3, -0.25) is 0 Å². The van der Waals surface area contributed by atoms with Crippen molar-refractivity contribution in [2.24, 2.45) is 0 Å². The Bertz CT molecular complexity index is 80.8. The molecule has 0 aliphatic rings. The van der Waals surface area contributed by atoms with Crippen molar-refractivity contribution >= 4 is 8.80 Å². The van der Waals surface area contributed by atoms with Gasteiger partial charge in [0.25, 0.3) is 0 Å². The van der Waals surface area contributed by atoms with Gasteiger partial charge in [-0.05, 0) is 0 Å². The topological polar surface area (TPSA) is 60.7 Å². The zero-order chi connectivity index (χ0) is 8.04. The minimum absolute atomic E-state index is 0.323. The molecule has 0 fully saturated rings. The Morgan fingerprint density at radius 3 is 2.29 bits per heavy atom. The summed E-state index contributed by atoms with van der Waals surface area (Å²) < 4.78 is 19.4. The lowest BCUT2D eigenvalue weighted by atomic mass is 10.6. The monoisotopic (exact) mass is 128 g/mol. The van der Waals surface area contributed by atoms with Crippen LogP contribution >= 0.6 is 0 Å². The van der Waals surface area contributed by atoms with Gasteiger partial charge < -0.3 is 14.4 Å². The third-order valence-corrected chi connectivity index (χ3v) is 1.67. The molecule has 0 aromatic carbocycles. The van der Waals surface area contributed by atoms with Crippen molar-refractivity contribution < 1.29 is 14.4 Å². The molecule has 7 heavy (non-hydrogen) atoms. The summed E-state index contributed by atoms with van der Waals surface area (Å²) >= 11 is 0. The molecule has 0 spiro atoms. The highest BCUT2D eigenvalue weighted by Gasteiger charge is 2.24. The quantitative estimate of drug-likeness (QED) is 0.430. The number of hydrogen-bond donors (Lipinski definition) is 3. The van der Waals surface area contributed by atoms with Crippen LogP contribution in [0.2, 0.25) is 6.04 Å². The molecule has 0 saturated heterocycles. The van der Waals surface area contributed by atoms with Crippen molar-refractivity contribution in [2.75, 3.05) is 0 Å². The molecular formula is C3H10O3Si. The van der Waals surface area contributed by atoms with Crippen LogP contribution in [0.5, 0.6) is 0 Å². The Morgan fingerprint density at radius 2 is 2.14 bits per heavy atom. The maximum absolute atomic E-state index is 6.48. The van der Waals surface area contributed by atoms with Crippen LogP contribution in [0.4, 0.5) is 0 Å². The van der Waals surface area contributed by atoms with Crippen LogP contribution in [0.3, 0.4) is 0 Å². The molecule has 0 aromatic rings. The van der Waals surface area contributed by atoms with Gasteiger partial charge in [0.1, 0.15) is 0 Å². The molecule has 3 nitrogen and oxygen atoms in total. The second-order valence-electron chi connectivity index (χ2n) is 1.43. The predicted octanol–water partition coefficient (Wildman–Crippen LogP) is -0.688. The Balaban J connectivity index is 3.87. The van der Waals surface area contributed by atoms with Gasteiger partial charge in [-0.15, -0.1) is 0 Å². The zero-order valence-electron chi connectivity index (χ0n) is 7.14. The van der Waals surface area contributed by atoms with Crippen molar-refractivity contribution in [1.29, 1.82) is 4.29 Å². The first kappa shape index (κ1) is 3.19. The van der Waals surface area contributed by atoms with Gasteiger partial charge in [-0.2, -0.15) is 0 Å². The first-order valence-electron chi connectivity index (χ1n) is 3.40. The van der Waals surface area contributed by atoms with E-state index in [4.69, 9.17) is 4.29 Å². The van der Waals surface area contributed by atoms with Gasteiger partial charge in [0.2, 0.25) is 0 Å². The average molecular weight is 128 g/mol. The number of rotatable bonds is 5. The fourth-order valence-corrected chi connectivity index (χ4v) is 0.919. The standard InChI is InChI=1S/C3H10O3Si/c1-2-3-7(4,5)6/h4-6H,2-3H2,1H3/i4T,5T,6T. The molecule has 0 saturated carbocycles. The van der Waals surface area contributed by atoms with Crippen molar-refractivity contribution in [2.45, 2.75) is 19.4 Å². The van der Waals surface area contributed by atoms with Crippen LogP contribution in [0.25, 0.3) is 0 Å². The van der Waals surface area contributed by atoms with Gasteiger partial charge in [-0.1, -0.05) is 13.3 Å². The first-order valence-corrected chi connectivity index (χ1v) is 4.10. The molecular weight excluding hydrogens is 112 g/mol. The maximum Gasteiger partial charge on any atom is 0.492 e. The Hall–Kier alpha value is 0.0969. The van der Waals surface area contributed by atoms with Crippen LogP contribution in [-0.2, 0) is 0 Å². The van der Waals surface area contributed by atoms with Gasteiger partial charge in [0.05, 0.1) is 0 Å². The molecule has 0 rings (SSSR count). The molecule has 0 amide bonds. The fraction of sp³-hybridized carbons (Fsp3) is 1.00. The lowest BCUT2D eigenvalue weighted by Gasteiger charge is -2.04. The zero-order valence-corrected chi connectivity index (χ0v) is 5.14. The Labute approximate surface area is 48.1 Å². The molecule has 0 aromatic heterocycles. The van der Waals surface area contributed by atoms with Gasteiger partial charge in [-0.25, -0.2) is 0 Å². The molecule has 44 valence electrons. The van der Waals surface area contributed by atoms with Crippen molar-refractivity contribution in [3.63, 3.8) is 0 Å². The van der Waals surface area contributed by atoms with E-state index in [0.717, 1.165) is 0 Å². The summed E-state index contributed by atoms with van der Waals surface area (Å²) in [4.78, 5) is 12.1. The normalized spacial score (nSPS) is 17.6. The van der Waals surface area contributed by atoms with Gasteiger partial charge in [0, 0.05) is 6.04 Å². The summed E-state index contributed by atoms with van der Waals surface area (Å²) in [6, 6.07) is 0.323. The molecule has 0 aliphatic carbocycles. The lowest BCUT2D eigenvalue weighted by Crippen LogP contribution is -2.33. The summed E-state index contributed by atoms with van der Waals surface area (Å²) in [6.07, 6.45) is 0.670. The van der Waals surface area contributed by atoms with E-state index in [9.17, 15) is 0 Å². The largest absolute Gasteiger partial charge is 0.492 e. The summed E-state index contributed by atoms with van der Waals surface area (Å²) in [7, 11) is -3.22. The van der Waals surface area contributed by atoms with Crippen molar-refractivity contribution in [1.82, 2.24) is 0 Å². The van der Waals surface area contributed by atoms with E-state index in [1.807, 2.05) is 6.92 Å². The summed E-state index contributed by atoms with van der Waals surface area (Å²) in [5, 5.41) is 0. The fourth-order valence-electron chi connectivity index (χ4n) is 0.306. The Kier molecular flexibility index (Phi) is 1.10. The van der Waals surface area contributed by atoms with E-state index in [0.29, 0.717) is 12.5 Å². The Morgan fingerprint density at radius 1 is 1.57 bits per heavy atom. The van der Waals surface area contributed by atoms with E-state index in [1.54, 1.807) is 0 Å². The van der Waals surface area contributed by atoms with E-state index >= 15 is 0 Å². The molecule has 0 unspecified atom stereocenters. The molecule has 0 aliphatic heterocycles. The lowest BCUT2D eigenvalue weighted by molar-refractivity contribution is 0.227. The second-order valence-corrected chi connectivity index (χ2v) is 3.30. The molecule has 3 N–H and O–H groups in total. The average Bonchev–Trinajstić information content (AvgIpc) is 2.01. The van der Waals surface area contributed by atoms with Gasteiger partial charge >= 0.3 is 8.80 Å². The SMILES string of the molecule is [3H]O[Si](CCC)(O[3H])O[3H]. The molecule has 0 radical (unpaired) electrons. The molecule has 0 heterocycles. The summed E-state index contributed by atoms with van der Waals surface area (Å²) in [5.41, 5.74) is 0. The third-order valence-electron chi connectivity index (χ3n) is 0.556. The minimum atomic E-state index is -3.22. The van der Waals surface area contributed by atoms with E-state index in [2.05, 4.69) is 14.4 Å². The smallest absolute Gasteiger partial charge is 0.390 e. The van der Waals surface area contributed by atoms with Crippen LogP contribution in [0, 0.1) is 0 Å². The van der Waals surface area contributed by atoms with Crippen LogP contribution in [0.15, 0.2) is 0 Å². The highest BCUT2D eigenvalue weighted by molar-refractivity contribution is 6.56.